The van der Waals surface area contributed by atoms with Gasteiger partial charge in [-0.1, -0.05) is 24.3 Å². The van der Waals surface area contributed by atoms with Crippen LogP contribution < -0.4 is 10.9 Å². The van der Waals surface area contributed by atoms with Crippen molar-refractivity contribution in [1.29, 1.82) is 0 Å². The van der Waals surface area contributed by atoms with E-state index in [0.29, 0.717) is 11.4 Å². The summed E-state index contributed by atoms with van der Waals surface area (Å²) in [5.74, 6) is -2.02. The summed E-state index contributed by atoms with van der Waals surface area (Å²) in [5, 5.41) is 6.60. The van der Waals surface area contributed by atoms with Crippen LogP contribution in [0.25, 0.3) is 11.4 Å². The second-order valence-corrected chi connectivity index (χ2v) is 8.23. The van der Waals surface area contributed by atoms with Crippen LogP contribution >= 0.6 is 0 Å². The Kier molecular flexibility index (Phi) is 6.17. The maximum atomic E-state index is 13.1. The van der Waals surface area contributed by atoms with Gasteiger partial charge in [0.15, 0.2) is 0 Å². The number of alkyl halides is 3. The lowest BCUT2D eigenvalue weighted by Gasteiger charge is -2.10. The van der Waals surface area contributed by atoms with E-state index in [-0.39, 0.29) is 28.3 Å². The van der Waals surface area contributed by atoms with Gasteiger partial charge in [-0.05, 0) is 51.1 Å². The van der Waals surface area contributed by atoms with Gasteiger partial charge in [0.2, 0.25) is 0 Å². The zero-order valence-electron chi connectivity index (χ0n) is 19.8. The van der Waals surface area contributed by atoms with Crippen LogP contribution in [0.5, 0.6) is 0 Å². The van der Waals surface area contributed by atoms with Crippen molar-refractivity contribution in [3.63, 3.8) is 0 Å². The highest BCUT2D eigenvalue weighted by molar-refractivity contribution is 6.47. The summed E-state index contributed by atoms with van der Waals surface area (Å²) in [6.07, 6.45) is -4.55. The number of nitrogens with one attached hydrogen (secondary N) is 1. The zero-order valence-corrected chi connectivity index (χ0v) is 19.8. The standard InChI is InChI=1S/C25H22F3N5O3/c1-14-20(15(2)32(30-14)19-12-8-9-17(13-19)25(26,27)28)22(34)23(35)29-21-16(3)31(4)33(24(21)36)18-10-6-5-7-11-18/h5-13H,1-4H3,(H,29,35). The van der Waals surface area contributed by atoms with Crippen LogP contribution in [0.3, 0.4) is 0 Å². The number of carbonyl (C=O) groups excluding carboxylic acids is 2. The molecule has 2 aromatic carbocycles. The predicted molar refractivity (Wildman–Crippen MR) is 127 cm³/mol. The monoisotopic (exact) mass is 497 g/mol. The first-order chi connectivity index (χ1) is 16.9. The molecule has 2 heterocycles. The lowest BCUT2D eigenvalue weighted by atomic mass is 10.1. The third-order valence-corrected chi connectivity index (χ3v) is 5.94. The number of rotatable bonds is 5. The summed E-state index contributed by atoms with van der Waals surface area (Å²) in [6, 6.07) is 13.3. The van der Waals surface area contributed by atoms with E-state index in [1.165, 1.54) is 35.3 Å². The van der Waals surface area contributed by atoms with Gasteiger partial charge in [0, 0.05) is 7.05 Å². The normalized spacial score (nSPS) is 11.5. The van der Waals surface area contributed by atoms with E-state index in [0.717, 1.165) is 12.1 Å². The predicted octanol–water partition coefficient (Wildman–Crippen LogP) is 4.13. The van der Waals surface area contributed by atoms with Crippen LogP contribution in [-0.2, 0) is 18.0 Å². The first-order valence-corrected chi connectivity index (χ1v) is 10.9. The smallest absolute Gasteiger partial charge is 0.313 e. The number of carbonyl (C=O) groups is 2. The number of hydrogen-bond acceptors (Lipinski definition) is 4. The van der Waals surface area contributed by atoms with Crippen molar-refractivity contribution in [2.75, 3.05) is 5.32 Å². The van der Waals surface area contributed by atoms with E-state index in [1.807, 2.05) is 0 Å². The number of halogens is 3. The quantitative estimate of drug-likeness (QED) is 0.332. The number of hydrogen-bond donors (Lipinski definition) is 1. The number of aryl methyl sites for hydroxylation is 1. The highest BCUT2D eigenvalue weighted by atomic mass is 19.4. The molecular formula is C25H22F3N5O3. The molecule has 36 heavy (non-hydrogen) atoms. The minimum Gasteiger partial charge on any atom is -0.313 e. The van der Waals surface area contributed by atoms with Gasteiger partial charge in [-0.3, -0.25) is 19.1 Å². The zero-order chi connectivity index (χ0) is 26.4. The molecule has 0 unspecified atom stereocenters. The molecule has 11 heteroatoms. The molecule has 0 fully saturated rings. The third-order valence-electron chi connectivity index (χ3n) is 5.94. The Morgan fingerprint density at radius 3 is 2.19 bits per heavy atom. The molecular weight excluding hydrogens is 475 g/mol. The van der Waals surface area contributed by atoms with Gasteiger partial charge in [0.25, 0.3) is 17.2 Å². The first-order valence-electron chi connectivity index (χ1n) is 10.9. The van der Waals surface area contributed by atoms with Crippen LogP contribution in [0.4, 0.5) is 18.9 Å². The second kappa shape index (κ2) is 8.99. The van der Waals surface area contributed by atoms with Crippen LogP contribution in [0.2, 0.25) is 0 Å². The molecule has 8 nitrogen and oxygen atoms in total. The summed E-state index contributed by atoms with van der Waals surface area (Å²) < 4.78 is 43.5. The topological polar surface area (TPSA) is 90.9 Å². The van der Waals surface area contributed by atoms with Gasteiger partial charge < -0.3 is 5.32 Å². The number of nitrogens with zero attached hydrogens (tertiary/aromatic N) is 4. The Morgan fingerprint density at radius 2 is 1.56 bits per heavy atom. The molecule has 0 spiro atoms. The maximum absolute atomic E-state index is 13.1. The summed E-state index contributed by atoms with van der Waals surface area (Å²) >= 11 is 0. The Hall–Kier alpha value is -4.41. The van der Waals surface area contributed by atoms with Crippen LogP contribution in [0, 0.1) is 20.8 Å². The van der Waals surface area contributed by atoms with E-state index in [4.69, 9.17) is 0 Å². The van der Waals surface area contributed by atoms with E-state index in [2.05, 4.69) is 10.4 Å². The number of para-hydroxylation sites is 1. The molecule has 0 atom stereocenters. The van der Waals surface area contributed by atoms with Crippen LogP contribution in [-0.4, -0.2) is 30.8 Å². The molecule has 0 radical (unpaired) electrons. The molecule has 0 saturated heterocycles. The Labute approximate surface area is 203 Å². The number of aromatic nitrogens is 4. The lowest BCUT2D eigenvalue weighted by Crippen LogP contribution is -2.28. The molecule has 1 amide bonds. The maximum Gasteiger partial charge on any atom is 0.416 e. The lowest BCUT2D eigenvalue weighted by molar-refractivity contribution is -0.137. The van der Waals surface area contributed by atoms with E-state index < -0.39 is 29.0 Å². The van der Waals surface area contributed by atoms with Crippen LogP contribution in [0.1, 0.15) is 33.0 Å². The van der Waals surface area contributed by atoms with Crippen molar-refractivity contribution in [1.82, 2.24) is 19.1 Å². The van der Waals surface area contributed by atoms with Crippen molar-refractivity contribution >= 4 is 17.4 Å². The number of benzene rings is 2. The Bertz CT molecular complexity index is 1550. The van der Waals surface area contributed by atoms with Crippen LogP contribution in [0.15, 0.2) is 59.4 Å². The van der Waals surface area contributed by atoms with Gasteiger partial charge in [-0.2, -0.15) is 18.3 Å². The molecule has 4 rings (SSSR count). The fourth-order valence-electron chi connectivity index (χ4n) is 4.03. The summed E-state index contributed by atoms with van der Waals surface area (Å²) in [7, 11) is 1.65. The van der Waals surface area contributed by atoms with Gasteiger partial charge in [0.05, 0.1) is 39.6 Å². The van der Waals surface area contributed by atoms with Gasteiger partial charge in [-0.25, -0.2) is 9.36 Å². The second-order valence-electron chi connectivity index (χ2n) is 8.23. The van der Waals surface area contributed by atoms with Crippen molar-refractivity contribution in [3.05, 3.63) is 93.2 Å². The molecule has 0 saturated carbocycles. The molecule has 1 N–H and O–H groups in total. The SMILES string of the molecule is Cc1nn(-c2cccc(C(F)(F)F)c2)c(C)c1C(=O)C(=O)Nc1c(C)n(C)n(-c2ccccc2)c1=O. The highest BCUT2D eigenvalue weighted by Crippen LogP contribution is 2.31. The molecule has 0 aliphatic rings. The highest BCUT2D eigenvalue weighted by Gasteiger charge is 2.31. The van der Waals surface area contributed by atoms with Gasteiger partial charge in [0.1, 0.15) is 5.69 Å². The fourth-order valence-corrected chi connectivity index (χ4v) is 4.03. The van der Waals surface area contributed by atoms with E-state index in [9.17, 15) is 27.6 Å². The minimum absolute atomic E-state index is 0.0538. The van der Waals surface area contributed by atoms with Gasteiger partial charge >= 0.3 is 6.18 Å². The Morgan fingerprint density at radius 1 is 0.917 bits per heavy atom. The Balaban J connectivity index is 1.67. The third kappa shape index (κ3) is 4.23. The summed E-state index contributed by atoms with van der Waals surface area (Å²) in [6.45, 7) is 4.59. The largest absolute Gasteiger partial charge is 0.416 e. The summed E-state index contributed by atoms with van der Waals surface area (Å²) in [5.41, 5.74) is -0.0401. The van der Waals surface area contributed by atoms with Crippen molar-refractivity contribution in [2.24, 2.45) is 7.05 Å². The number of ketones is 1. The number of Topliss-reactive ketones (excluding diaryl/α,β-unsaturated/α-hetero) is 1. The number of anilines is 1. The minimum atomic E-state index is -4.55. The van der Waals surface area contributed by atoms with Crippen molar-refractivity contribution in [3.8, 4) is 11.4 Å². The first kappa shape index (κ1) is 24.7. The average molecular weight is 497 g/mol. The molecule has 0 aliphatic heterocycles. The number of amides is 1. The molecule has 2 aromatic heterocycles. The molecule has 0 aliphatic carbocycles. The molecule has 0 bridgehead atoms. The summed E-state index contributed by atoms with van der Waals surface area (Å²) in [4.78, 5) is 39.0. The van der Waals surface area contributed by atoms with Crippen molar-refractivity contribution in [2.45, 2.75) is 26.9 Å². The van der Waals surface area contributed by atoms with E-state index >= 15 is 0 Å². The molecule has 186 valence electrons. The average Bonchev–Trinajstić information content (AvgIpc) is 3.25. The molecule has 4 aromatic rings. The van der Waals surface area contributed by atoms with Gasteiger partial charge in [-0.15, -0.1) is 0 Å². The van der Waals surface area contributed by atoms with Crippen molar-refractivity contribution < 1.29 is 22.8 Å². The van der Waals surface area contributed by atoms with E-state index in [1.54, 1.807) is 49.0 Å². The fraction of sp³-hybridized carbons (Fsp3) is 0.200.